The highest BCUT2D eigenvalue weighted by Crippen LogP contribution is 2.28. The second-order valence-corrected chi connectivity index (χ2v) is 7.77. The van der Waals surface area contributed by atoms with Gasteiger partial charge in [0.15, 0.2) is 0 Å². The van der Waals surface area contributed by atoms with E-state index in [-0.39, 0.29) is 4.90 Å². The Morgan fingerprint density at radius 3 is 2.27 bits per heavy atom. The van der Waals surface area contributed by atoms with Crippen molar-refractivity contribution in [2.75, 3.05) is 10.8 Å². The maximum atomic E-state index is 12.7. The third-order valence-corrected chi connectivity index (χ3v) is 5.74. The first-order valence-corrected chi connectivity index (χ1v) is 8.96. The second-order valence-electron chi connectivity index (χ2n) is 4.31. The number of carboxylic acid groups (broad SMARTS) is 1. The summed E-state index contributed by atoms with van der Waals surface area (Å²) in [6, 6.07) is 12.3. The highest BCUT2D eigenvalue weighted by Gasteiger charge is 2.28. The summed E-state index contributed by atoms with van der Waals surface area (Å²) in [5, 5.41) is 9.46. The quantitative estimate of drug-likeness (QED) is 0.709. The minimum Gasteiger partial charge on any atom is -0.480 e. The molecule has 0 heterocycles. The number of sulfonamides is 1. The molecule has 0 fully saturated rings. The van der Waals surface area contributed by atoms with Crippen LogP contribution in [0, 0.1) is 3.57 Å². The number of benzene rings is 2. The fraction of sp³-hybridized carbons (Fsp3) is 0.0714. The third-order valence-electron chi connectivity index (χ3n) is 2.80. The average Bonchev–Trinajstić information content (AvgIpc) is 2.46. The number of hydrogen-bond acceptors (Lipinski definition) is 3. The van der Waals surface area contributed by atoms with E-state index in [0.29, 0.717) is 14.3 Å². The van der Waals surface area contributed by atoms with Crippen LogP contribution < -0.4 is 4.31 Å². The molecule has 0 saturated carbocycles. The fourth-order valence-corrected chi connectivity index (χ4v) is 4.21. The molecule has 0 radical (unpaired) electrons. The van der Waals surface area contributed by atoms with Gasteiger partial charge < -0.3 is 5.11 Å². The van der Waals surface area contributed by atoms with Crippen molar-refractivity contribution >= 4 is 55.9 Å². The van der Waals surface area contributed by atoms with Crippen molar-refractivity contribution in [2.24, 2.45) is 0 Å². The maximum absolute atomic E-state index is 12.7. The van der Waals surface area contributed by atoms with Gasteiger partial charge in [-0.25, -0.2) is 8.42 Å². The molecule has 2 aromatic rings. The van der Waals surface area contributed by atoms with Gasteiger partial charge in [-0.1, -0.05) is 23.7 Å². The van der Waals surface area contributed by atoms with Crippen LogP contribution in [-0.4, -0.2) is 26.0 Å². The normalized spacial score (nSPS) is 11.2. The maximum Gasteiger partial charge on any atom is 0.324 e. The Bertz CT molecular complexity index is 793. The predicted octanol–water partition coefficient (Wildman–Crippen LogP) is 3.22. The Hall–Kier alpha value is -1.32. The SMILES string of the molecule is O=C(O)CN(c1ccccc1I)S(=O)(=O)c1ccc(Cl)cc1. The number of rotatable bonds is 5. The summed E-state index contributed by atoms with van der Waals surface area (Å²) in [6.07, 6.45) is 0. The minimum atomic E-state index is -4.00. The summed E-state index contributed by atoms with van der Waals surface area (Å²) in [6.45, 7) is -0.662. The van der Waals surface area contributed by atoms with Crippen LogP contribution in [0.4, 0.5) is 5.69 Å². The number of halogens is 2. The van der Waals surface area contributed by atoms with Gasteiger partial charge in [0.1, 0.15) is 6.54 Å². The van der Waals surface area contributed by atoms with Gasteiger partial charge in [-0.3, -0.25) is 9.10 Å². The van der Waals surface area contributed by atoms with E-state index in [1.165, 1.54) is 24.3 Å². The number of aliphatic carboxylic acids is 1. The summed E-state index contributed by atoms with van der Waals surface area (Å²) in [5.74, 6) is -1.24. The largest absolute Gasteiger partial charge is 0.480 e. The highest BCUT2D eigenvalue weighted by molar-refractivity contribution is 14.1. The van der Waals surface area contributed by atoms with E-state index in [9.17, 15) is 13.2 Å². The van der Waals surface area contributed by atoms with Crippen molar-refractivity contribution in [3.63, 3.8) is 0 Å². The number of carbonyl (C=O) groups is 1. The first-order chi connectivity index (χ1) is 10.3. The van der Waals surface area contributed by atoms with Crippen molar-refractivity contribution in [3.8, 4) is 0 Å². The summed E-state index contributed by atoms with van der Waals surface area (Å²) >= 11 is 7.73. The van der Waals surface area contributed by atoms with Crippen LogP contribution in [0.25, 0.3) is 0 Å². The predicted molar refractivity (Wildman–Crippen MR) is 92.8 cm³/mol. The molecule has 1 N–H and O–H groups in total. The number of hydrogen-bond donors (Lipinski definition) is 1. The molecule has 22 heavy (non-hydrogen) atoms. The van der Waals surface area contributed by atoms with Crippen LogP contribution >= 0.6 is 34.2 Å². The number of carboxylic acids is 1. The Balaban J connectivity index is 2.56. The van der Waals surface area contributed by atoms with Gasteiger partial charge >= 0.3 is 5.97 Å². The fourth-order valence-electron chi connectivity index (χ4n) is 1.81. The van der Waals surface area contributed by atoms with Crippen LogP contribution in [0.2, 0.25) is 5.02 Å². The number of nitrogens with zero attached hydrogens (tertiary/aromatic N) is 1. The molecule has 8 heteroatoms. The molecule has 0 amide bonds. The molecule has 0 atom stereocenters. The monoisotopic (exact) mass is 451 g/mol. The van der Waals surface area contributed by atoms with Crippen LogP contribution in [0.15, 0.2) is 53.4 Å². The third kappa shape index (κ3) is 3.71. The summed E-state index contributed by atoms with van der Waals surface area (Å²) in [4.78, 5) is 11.1. The number of para-hydroxylation sites is 1. The molecule has 0 aromatic heterocycles. The molecular weight excluding hydrogens is 441 g/mol. The van der Waals surface area contributed by atoms with Crippen molar-refractivity contribution in [1.82, 2.24) is 0 Å². The Morgan fingerprint density at radius 1 is 1.14 bits per heavy atom. The lowest BCUT2D eigenvalue weighted by Gasteiger charge is -2.23. The Morgan fingerprint density at radius 2 is 1.73 bits per heavy atom. The number of anilines is 1. The Labute approximate surface area is 146 Å². The topological polar surface area (TPSA) is 74.7 Å². The van der Waals surface area contributed by atoms with Crippen LogP contribution in [-0.2, 0) is 14.8 Å². The molecule has 0 aliphatic heterocycles. The zero-order valence-electron chi connectivity index (χ0n) is 11.1. The first-order valence-electron chi connectivity index (χ1n) is 6.07. The van der Waals surface area contributed by atoms with Crippen LogP contribution in [0.1, 0.15) is 0 Å². The standard InChI is InChI=1S/C14H11ClINO4S/c15-10-5-7-11(8-6-10)22(20,21)17(9-14(18)19)13-4-2-1-3-12(13)16/h1-8H,9H2,(H,18,19). The van der Waals surface area contributed by atoms with Crippen molar-refractivity contribution < 1.29 is 18.3 Å². The molecule has 5 nitrogen and oxygen atoms in total. The first kappa shape index (κ1) is 17.0. The average molecular weight is 452 g/mol. The van der Waals surface area contributed by atoms with Gasteiger partial charge in [-0.2, -0.15) is 0 Å². The van der Waals surface area contributed by atoms with Crippen molar-refractivity contribution in [2.45, 2.75) is 4.90 Å². The lowest BCUT2D eigenvalue weighted by molar-refractivity contribution is -0.135. The lowest BCUT2D eigenvalue weighted by Crippen LogP contribution is -2.36. The van der Waals surface area contributed by atoms with E-state index in [4.69, 9.17) is 16.7 Å². The molecule has 0 spiro atoms. The van der Waals surface area contributed by atoms with Gasteiger partial charge in [-0.05, 0) is 59.0 Å². The van der Waals surface area contributed by atoms with Gasteiger partial charge in [0.05, 0.1) is 10.6 Å². The molecule has 2 aromatic carbocycles. The second kappa shape index (κ2) is 6.84. The summed E-state index contributed by atoms with van der Waals surface area (Å²) in [5.41, 5.74) is 0.320. The molecule has 0 aliphatic carbocycles. The molecular formula is C14H11ClINO4S. The van der Waals surface area contributed by atoms with Crippen molar-refractivity contribution in [3.05, 3.63) is 57.1 Å². The van der Waals surface area contributed by atoms with Gasteiger partial charge in [0.2, 0.25) is 0 Å². The summed E-state index contributed by atoms with van der Waals surface area (Å²) in [7, 11) is -4.00. The van der Waals surface area contributed by atoms with E-state index in [0.717, 1.165) is 4.31 Å². The molecule has 0 aliphatic rings. The summed E-state index contributed by atoms with van der Waals surface area (Å²) < 4.78 is 27.0. The molecule has 0 saturated heterocycles. The lowest BCUT2D eigenvalue weighted by atomic mass is 10.3. The zero-order valence-corrected chi connectivity index (χ0v) is 14.8. The van der Waals surface area contributed by atoms with E-state index in [1.54, 1.807) is 24.3 Å². The van der Waals surface area contributed by atoms with Gasteiger partial charge in [-0.15, -0.1) is 0 Å². The van der Waals surface area contributed by atoms with E-state index in [1.807, 2.05) is 22.6 Å². The van der Waals surface area contributed by atoms with Crippen LogP contribution in [0.5, 0.6) is 0 Å². The van der Waals surface area contributed by atoms with E-state index >= 15 is 0 Å². The van der Waals surface area contributed by atoms with E-state index < -0.39 is 22.5 Å². The molecule has 0 bridgehead atoms. The van der Waals surface area contributed by atoms with Crippen LogP contribution in [0.3, 0.4) is 0 Å². The smallest absolute Gasteiger partial charge is 0.324 e. The zero-order chi connectivity index (χ0) is 16.3. The molecule has 0 unspecified atom stereocenters. The van der Waals surface area contributed by atoms with Crippen molar-refractivity contribution in [1.29, 1.82) is 0 Å². The van der Waals surface area contributed by atoms with E-state index in [2.05, 4.69) is 0 Å². The molecule has 116 valence electrons. The minimum absolute atomic E-state index is 0.0159. The van der Waals surface area contributed by atoms with Gasteiger partial charge in [0.25, 0.3) is 10.0 Å². The molecule has 2 rings (SSSR count). The highest BCUT2D eigenvalue weighted by atomic mass is 127. The Kier molecular flexibility index (Phi) is 5.30. The van der Waals surface area contributed by atoms with Gasteiger partial charge in [0, 0.05) is 8.59 Å².